The van der Waals surface area contributed by atoms with E-state index in [0.29, 0.717) is 13.2 Å². The largest absolute Gasteiger partial charge is 0.381 e. The minimum atomic E-state index is -3.72. The second-order valence-corrected chi connectivity index (χ2v) is 7.97. The van der Waals surface area contributed by atoms with Gasteiger partial charge in [-0.25, -0.2) is 21.9 Å². The highest BCUT2D eigenvalue weighted by Gasteiger charge is 2.36. The molecule has 1 saturated carbocycles. The summed E-state index contributed by atoms with van der Waals surface area (Å²) in [6.07, 6.45) is 4.17. The molecule has 6 nitrogen and oxygen atoms in total. The molecule has 3 rings (SSSR count). The number of nitrogens with zero attached hydrogens (tertiary/aromatic N) is 2. The van der Waals surface area contributed by atoms with Crippen LogP contribution in [0.15, 0.2) is 17.3 Å². The molecule has 23 heavy (non-hydrogen) atoms. The molecule has 2 fully saturated rings. The van der Waals surface area contributed by atoms with E-state index in [4.69, 9.17) is 4.74 Å². The molecule has 1 aromatic heterocycles. The lowest BCUT2D eigenvalue weighted by Crippen LogP contribution is -2.40. The fourth-order valence-electron chi connectivity index (χ4n) is 3.05. The van der Waals surface area contributed by atoms with E-state index in [1.807, 2.05) is 0 Å². The third kappa shape index (κ3) is 4.07. The summed E-state index contributed by atoms with van der Waals surface area (Å²) < 4.78 is 60.5. The molecular formula is C14H21F2N3O3S. The fourth-order valence-corrected chi connectivity index (χ4v) is 4.30. The monoisotopic (exact) mass is 349 g/mol. The van der Waals surface area contributed by atoms with Gasteiger partial charge >= 0.3 is 0 Å². The lowest BCUT2D eigenvalue weighted by molar-refractivity contribution is -0.0387. The van der Waals surface area contributed by atoms with Gasteiger partial charge in [0, 0.05) is 38.3 Å². The Kier molecular flexibility index (Phi) is 4.70. The molecule has 0 radical (unpaired) electrons. The summed E-state index contributed by atoms with van der Waals surface area (Å²) in [5.41, 5.74) is 0. The van der Waals surface area contributed by atoms with Crippen molar-refractivity contribution in [2.45, 2.75) is 61.4 Å². The quantitative estimate of drug-likeness (QED) is 0.903. The highest BCUT2D eigenvalue weighted by atomic mass is 32.2. The van der Waals surface area contributed by atoms with Crippen LogP contribution in [0.5, 0.6) is 0 Å². The van der Waals surface area contributed by atoms with Gasteiger partial charge in [-0.3, -0.25) is 4.68 Å². The minimum Gasteiger partial charge on any atom is -0.381 e. The topological polar surface area (TPSA) is 73.2 Å². The third-order valence-electron chi connectivity index (χ3n) is 4.49. The van der Waals surface area contributed by atoms with Crippen molar-refractivity contribution in [3.05, 3.63) is 12.4 Å². The number of halogens is 2. The van der Waals surface area contributed by atoms with Gasteiger partial charge in [0.2, 0.25) is 15.9 Å². The van der Waals surface area contributed by atoms with Crippen molar-refractivity contribution in [2.24, 2.45) is 0 Å². The SMILES string of the molecule is O=S(=O)(NC1CCC(F)(F)CC1)c1cnn(C2CCOCC2)c1. The molecule has 1 N–H and O–H groups in total. The third-order valence-corrected chi connectivity index (χ3v) is 5.97. The van der Waals surface area contributed by atoms with E-state index < -0.39 is 22.0 Å². The van der Waals surface area contributed by atoms with E-state index in [1.165, 1.54) is 12.4 Å². The molecule has 0 aromatic carbocycles. The first-order valence-electron chi connectivity index (χ1n) is 7.88. The van der Waals surface area contributed by atoms with Crippen LogP contribution in [0.3, 0.4) is 0 Å². The number of sulfonamides is 1. The Morgan fingerprint density at radius 2 is 1.87 bits per heavy atom. The van der Waals surface area contributed by atoms with Gasteiger partial charge in [-0.1, -0.05) is 0 Å². The Labute approximate surface area is 134 Å². The van der Waals surface area contributed by atoms with E-state index in [2.05, 4.69) is 9.82 Å². The molecule has 0 amide bonds. The van der Waals surface area contributed by atoms with Gasteiger partial charge in [-0.05, 0) is 25.7 Å². The Balaban J connectivity index is 1.64. The van der Waals surface area contributed by atoms with Gasteiger partial charge in [-0.15, -0.1) is 0 Å². The average molecular weight is 349 g/mol. The Bertz CT molecular complexity index is 631. The first-order valence-corrected chi connectivity index (χ1v) is 9.36. The van der Waals surface area contributed by atoms with E-state index in [0.717, 1.165) is 12.8 Å². The number of alkyl halides is 2. The molecule has 0 bridgehead atoms. The Hall–Kier alpha value is -1.06. The fraction of sp³-hybridized carbons (Fsp3) is 0.786. The average Bonchev–Trinajstić information content (AvgIpc) is 3.01. The van der Waals surface area contributed by atoms with Crippen LogP contribution in [0.1, 0.15) is 44.6 Å². The predicted octanol–water partition coefficient (Wildman–Crippen LogP) is 2.09. The zero-order valence-corrected chi connectivity index (χ0v) is 13.6. The molecule has 2 heterocycles. The van der Waals surface area contributed by atoms with Gasteiger partial charge in [0.05, 0.1) is 12.2 Å². The smallest absolute Gasteiger partial charge is 0.248 e. The van der Waals surface area contributed by atoms with E-state index in [9.17, 15) is 17.2 Å². The number of ether oxygens (including phenoxy) is 1. The second kappa shape index (κ2) is 6.45. The molecule has 1 aliphatic heterocycles. The van der Waals surface area contributed by atoms with Crippen LogP contribution in [-0.2, 0) is 14.8 Å². The Morgan fingerprint density at radius 3 is 2.52 bits per heavy atom. The zero-order valence-electron chi connectivity index (χ0n) is 12.7. The summed E-state index contributed by atoms with van der Waals surface area (Å²) in [5.74, 6) is -2.67. The number of aromatic nitrogens is 2. The van der Waals surface area contributed by atoms with Crippen molar-refractivity contribution in [3.63, 3.8) is 0 Å². The van der Waals surface area contributed by atoms with E-state index in [1.54, 1.807) is 4.68 Å². The molecule has 0 atom stereocenters. The molecule has 1 aliphatic carbocycles. The standard InChI is InChI=1S/C14H21F2N3O3S/c15-14(16)5-1-11(2-6-14)18-23(20,21)13-9-17-19(10-13)12-3-7-22-8-4-12/h9-12,18H,1-8H2. The summed E-state index contributed by atoms with van der Waals surface area (Å²) >= 11 is 0. The lowest BCUT2D eigenvalue weighted by atomic mass is 9.93. The van der Waals surface area contributed by atoms with Crippen molar-refractivity contribution in [1.82, 2.24) is 14.5 Å². The van der Waals surface area contributed by atoms with Crippen LogP contribution >= 0.6 is 0 Å². The van der Waals surface area contributed by atoms with Crippen LogP contribution in [0.4, 0.5) is 8.78 Å². The summed E-state index contributed by atoms with van der Waals surface area (Å²) in [7, 11) is -3.72. The number of hydrogen-bond donors (Lipinski definition) is 1. The van der Waals surface area contributed by atoms with Crippen LogP contribution in [0, 0.1) is 0 Å². The van der Waals surface area contributed by atoms with Crippen molar-refractivity contribution >= 4 is 10.0 Å². The maximum atomic E-state index is 13.1. The highest BCUT2D eigenvalue weighted by molar-refractivity contribution is 7.89. The second-order valence-electron chi connectivity index (χ2n) is 6.25. The van der Waals surface area contributed by atoms with Gasteiger partial charge < -0.3 is 4.74 Å². The molecular weight excluding hydrogens is 328 g/mol. The molecule has 1 aromatic rings. The summed E-state index contributed by atoms with van der Waals surface area (Å²) in [5, 5.41) is 4.14. The summed E-state index contributed by atoms with van der Waals surface area (Å²) in [6, 6.07) is -0.299. The van der Waals surface area contributed by atoms with Crippen molar-refractivity contribution in [3.8, 4) is 0 Å². The van der Waals surface area contributed by atoms with Crippen molar-refractivity contribution in [2.75, 3.05) is 13.2 Å². The van der Waals surface area contributed by atoms with Crippen molar-refractivity contribution in [1.29, 1.82) is 0 Å². The normalized spacial score (nSPS) is 23.9. The van der Waals surface area contributed by atoms with Crippen molar-refractivity contribution < 1.29 is 21.9 Å². The highest BCUT2D eigenvalue weighted by Crippen LogP contribution is 2.33. The van der Waals surface area contributed by atoms with Crippen LogP contribution < -0.4 is 4.72 Å². The van der Waals surface area contributed by atoms with Gasteiger partial charge in [-0.2, -0.15) is 5.10 Å². The summed E-state index contributed by atoms with van der Waals surface area (Å²) in [6.45, 7) is 1.28. The van der Waals surface area contributed by atoms with Crippen LogP contribution in [0.25, 0.3) is 0 Å². The van der Waals surface area contributed by atoms with Crippen LogP contribution in [0.2, 0.25) is 0 Å². The maximum absolute atomic E-state index is 13.1. The molecule has 9 heteroatoms. The van der Waals surface area contributed by atoms with Gasteiger partial charge in [0.25, 0.3) is 0 Å². The number of nitrogens with one attached hydrogen (secondary N) is 1. The zero-order chi connectivity index (χ0) is 16.5. The molecule has 1 saturated heterocycles. The molecule has 0 unspecified atom stereocenters. The van der Waals surface area contributed by atoms with Crippen LogP contribution in [-0.4, -0.2) is 43.4 Å². The first-order chi connectivity index (χ1) is 10.9. The Morgan fingerprint density at radius 1 is 1.22 bits per heavy atom. The van der Waals surface area contributed by atoms with E-state index >= 15 is 0 Å². The predicted molar refractivity (Wildman–Crippen MR) is 78.8 cm³/mol. The number of hydrogen-bond acceptors (Lipinski definition) is 4. The first kappa shape index (κ1) is 16.8. The maximum Gasteiger partial charge on any atom is 0.248 e. The lowest BCUT2D eigenvalue weighted by Gasteiger charge is -2.28. The van der Waals surface area contributed by atoms with Gasteiger partial charge in [0.15, 0.2) is 0 Å². The molecule has 130 valence electrons. The van der Waals surface area contributed by atoms with Gasteiger partial charge in [0.1, 0.15) is 4.90 Å². The molecule has 0 spiro atoms. The molecule has 2 aliphatic rings. The minimum absolute atomic E-state index is 0.0846. The van der Waals surface area contributed by atoms with E-state index in [-0.39, 0.29) is 36.6 Å². The number of rotatable bonds is 4. The summed E-state index contributed by atoms with van der Waals surface area (Å²) in [4.78, 5) is 0.0846.